The minimum absolute atomic E-state index is 0.250. The minimum Gasteiger partial charge on any atom is -0.323 e. The zero-order valence-corrected chi connectivity index (χ0v) is 13.7. The number of nitrogens with zero attached hydrogens (tertiary/aromatic N) is 1. The predicted molar refractivity (Wildman–Crippen MR) is 83.4 cm³/mol. The van der Waals surface area contributed by atoms with Crippen molar-refractivity contribution < 1.29 is 4.79 Å². The number of rotatable bonds is 5. The number of hydrogen-bond acceptors (Lipinski definition) is 2. The largest absolute Gasteiger partial charge is 0.323 e. The lowest BCUT2D eigenvalue weighted by molar-refractivity contribution is -0.136. The number of hydrogen-bond donors (Lipinski definition) is 1. The first-order valence-electron chi connectivity index (χ1n) is 8.66. The van der Waals surface area contributed by atoms with Crippen molar-refractivity contribution in [3.63, 3.8) is 0 Å². The third-order valence-electron chi connectivity index (χ3n) is 5.53. The molecule has 1 N–H and O–H groups in total. The summed E-state index contributed by atoms with van der Waals surface area (Å²) in [7, 11) is 0. The van der Waals surface area contributed by atoms with Crippen molar-refractivity contribution in [1.82, 2.24) is 10.2 Å². The molecule has 1 heterocycles. The molecule has 116 valence electrons. The highest BCUT2D eigenvalue weighted by atomic mass is 16.2. The van der Waals surface area contributed by atoms with E-state index in [2.05, 4.69) is 37.9 Å². The van der Waals surface area contributed by atoms with Gasteiger partial charge in [-0.25, -0.2) is 0 Å². The summed E-state index contributed by atoms with van der Waals surface area (Å²) in [4.78, 5) is 15.0. The van der Waals surface area contributed by atoms with Crippen LogP contribution in [0.5, 0.6) is 0 Å². The number of carbonyl (C=O) groups excluding carboxylic acids is 1. The van der Waals surface area contributed by atoms with Gasteiger partial charge in [0.1, 0.15) is 0 Å². The molecule has 0 aromatic carbocycles. The van der Waals surface area contributed by atoms with Crippen molar-refractivity contribution in [2.24, 2.45) is 5.92 Å². The Bertz CT molecular complexity index is 336. The summed E-state index contributed by atoms with van der Waals surface area (Å²) in [6.07, 6.45) is 9.82. The molecule has 3 nitrogen and oxygen atoms in total. The Labute approximate surface area is 124 Å². The van der Waals surface area contributed by atoms with Gasteiger partial charge in [-0.2, -0.15) is 0 Å². The highest BCUT2D eigenvalue weighted by Crippen LogP contribution is 2.35. The van der Waals surface area contributed by atoms with Crippen LogP contribution in [0.2, 0.25) is 0 Å². The SMILES string of the molecule is CCCC1CCC(N2C(=O)C(C)(CC)NC2CC)CC1. The van der Waals surface area contributed by atoms with Gasteiger partial charge >= 0.3 is 0 Å². The lowest BCUT2D eigenvalue weighted by Gasteiger charge is -2.37. The smallest absolute Gasteiger partial charge is 0.244 e. The van der Waals surface area contributed by atoms with Gasteiger partial charge < -0.3 is 4.90 Å². The molecule has 1 saturated heterocycles. The van der Waals surface area contributed by atoms with Gasteiger partial charge in [-0.05, 0) is 51.4 Å². The first-order chi connectivity index (χ1) is 9.55. The van der Waals surface area contributed by atoms with Gasteiger partial charge in [-0.1, -0.05) is 33.6 Å². The van der Waals surface area contributed by atoms with E-state index < -0.39 is 0 Å². The van der Waals surface area contributed by atoms with Crippen molar-refractivity contribution in [3.8, 4) is 0 Å². The number of carbonyl (C=O) groups is 1. The molecule has 1 aliphatic carbocycles. The molecule has 20 heavy (non-hydrogen) atoms. The second kappa shape index (κ2) is 6.46. The number of amides is 1. The Balaban J connectivity index is 2.02. The van der Waals surface area contributed by atoms with Crippen LogP contribution in [0, 0.1) is 5.92 Å². The molecule has 0 aromatic rings. The summed E-state index contributed by atoms with van der Waals surface area (Å²) < 4.78 is 0. The molecule has 0 bridgehead atoms. The Morgan fingerprint density at radius 3 is 2.35 bits per heavy atom. The Kier molecular flexibility index (Phi) is 5.11. The van der Waals surface area contributed by atoms with Crippen LogP contribution in [0.15, 0.2) is 0 Å². The zero-order chi connectivity index (χ0) is 14.8. The Morgan fingerprint density at radius 2 is 1.85 bits per heavy atom. The van der Waals surface area contributed by atoms with Crippen molar-refractivity contribution >= 4 is 5.91 Å². The molecular weight excluding hydrogens is 248 g/mol. The second-order valence-corrected chi connectivity index (χ2v) is 6.93. The summed E-state index contributed by atoms with van der Waals surface area (Å²) in [6.45, 7) is 8.64. The van der Waals surface area contributed by atoms with Crippen LogP contribution in [-0.2, 0) is 4.79 Å². The molecule has 2 rings (SSSR count). The van der Waals surface area contributed by atoms with Crippen molar-refractivity contribution in [1.29, 1.82) is 0 Å². The fourth-order valence-electron chi connectivity index (χ4n) is 4.02. The standard InChI is InChI=1S/C17H32N2O/c1-5-8-13-9-11-14(12-10-13)19-15(6-2)18-17(4,7-3)16(19)20/h13-15,18H,5-12H2,1-4H3. The van der Waals surface area contributed by atoms with Gasteiger partial charge in [-0.3, -0.25) is 10.1 Å². The molecule has 2 fully saturated rings. The minimum atomic E-state index is -0.332. The normalized spacial score (nSPS) is 38.5. The van der Waals surface area contributed by atoms with Crippen LogP contribution in [0.3, 0.4) is 0 Å². The van der Waals surface area contributed by atoms with E-state index in [0.29, 0.717) is 11.9 Å². The highest BCUT2D eigenvalue weighted by Gasteiger charge is 2.48. The van der Waals surface area contributed by atoms with Crippen molar-refractivity contribution in [3.05, 3.63) is 0 Å². The van der Waals surface area contributed by atoms with Gasteiger partial charge in [0, 0.05) is 6.04 Å². The molecule has 1 aliphatic heterocycles. The fraction of sp³-hybridized carbons (Fsp3) is 0.941. The highest BCUT2D eigenvalue weighted by molar-refractivity contribution is 5.88. The quantitative estimate of drug-likeness (QED) is 0.833. The average molecular weight is 280 g/mol. The van der Waals surface area contributed by atoms with Crippen LogP contribution < -0.4 is 5.32 Å². The van der Waals surface area contributed by atoms with Crippen LogP contribution in [0.25, 0.3) is 0 Å². The maximum absolute atomic E-state index is 12.8. The van der Waals surface area contributed by atoms with E-state index >= 15 is 0 Å². The fourth-order valence-corrected chi connectivity index (χ4v) is 4.02. The maximum atomic E-state index is 12.8. The monoisotopic (exact) mass is 280 g/mol. The van der Waals surface area contributed by atoms with Crippen molar-refractivity contribution in [2.75, 3.05) is 0 Å². The van der Waals surface area contributed by atoms with E-state index in [1.165, 1.54) is 38.5 Å². The molecule has 3 heteroatoms. The first-order valence-corrected chi connectivity index (χ1v) is 8.66. The van der Waals surface area contributed by atoms with E-state index in [9.17, 15) is 4.79 Å². The summed E-state index contributed by atoms with van der Waals surface area (Å²) in [5.41, 5.74) is -0.332. The van der Waals surface area contributed by atoms with E-state index in [-0.39, 0.29) is 11.7 Å². The third-order valence-corrected chi connectivity index (χ3v) is 5.53. The van der Waals surface area contributed by atoms with E-state index in [1.54, 1.807) is 0 Å². The molecule has 1 saturated carbocycles. The van der Waals surface area contributed by atoms with Crippen LogP contribution in [0.1, 0.15) is 79.1 Å². The van der Waals surface area contributed by atoms with Gasteiger partial charge in [0.15, 0.2) is 0 Å². The summed E-state index contributed by atoms with van der Waals surface area (Å²) >= 11 is 0. The molecule has 0 aromatic heterocycles. The Hall–Kier alpha value is -0.570. The van der Waals surface area contributed by atoms with Gasteiger partial charge in [0.2, 0.25) is 5.91 Å². The first kappa shape index (κ1) is 15.8. The molecule has 2 unspecified atom stereocenters. The lowest BCUT2D eigenvalue weighted by Crippen LogP contribution is -2.46. The van der Waals surface area contributed by atoms with Gasteiger partial charge in [-0.15, -0.1) is 0 Å². The van der Waals surface area contributed by atoms with Crippen LogP contribution in [0.4, 0.5) is 0 Å². The molecule has 0 spiro atoms. The summed E-state index contributed by atoms with van der Waals surface area (Å²) in [6, 6.07) is 0.474. The number of nitrogens with one attached hydrogen (secondary N) is 1. The summed E-state index contributed by atoms with van der Waals surface area (Å²) in [5, 5.41) is 3.58. The molecular formula is C17H32N2O. The summed E-state index contributed by atoms with van der Waals surface area (Å²) in [5.74, 6) is 1.24. The average Bonchev–Trinajstić information content (AvgIpc) is 2.73. The predicted octanol–water partition coefficient (Wildman–Crippen LogP) is 3.68. The van der Waals surface area contributed by atoms with Gasteiger partial charge in [0.05, 0.1) is 11.7 Å². The third kappa shape index (κ3) is 2.88. The maximum Gasteiger partial charge on any atom is 0.244 e. The van der Waals surface area contributed by atoms with Crippen molar-refractivity contribution in [2.45, 2.75) is 96.8 Å². The lowest BCUT2D eigenvalue weighted by atomic mass is 9.82. The molecule has 2 atom stereocenters. The molecule has 1 amide bonds. The van der Waals surface area contributed by atoms with E-state index in [0.717, 1.165) is 18.8 Å². The van der Waals surface area contributed by atoms with Crippen LogP contribution >= 0.6 is 0 Å². The second-order valence-electron chi connectivity index (χ2n) is 6.93. The van der Waals surface area contributed by atoms with E-state index in [1.807, 2.05) is 0 Å². The molecule has 2 aliphatic rings. The topological polar surface area (TPSA) is 32.3 Å². The molecule has 0 radical (unpaired) electrons. The van der Waals surface area contributed by atoms with Gasteiger partial charge in [0.25, 0.3) is 0 Å². The Morgan fingerprint density at radius 1 is 1.20 bits per heavy atom. The zero-order valence-electron chi connectivity index (χ0n) is 13.7. The van der Waals surface area contributed by atoms with Crippen LogP contribution in [-0.4, -0.2) is 28.6 Å². The van der Waals surface area contributed by atoms with E-state index in [4.69, 9.17) is 0 Å².